The van der Waals surface area contributed by atoms with Crippen molar-refractivity contribution in [3.05, 3.63) is 53.6 Å². The number of rotatable bonds is 6. The Kier molecular flexibility index (Phi) is 7.17. The summed E-state index contributed by atoms with van der Waals surface area (Å²) in [6, 6.07) is 14.2. The molecule has 2 aromatic carbocycles. The Hall–Kier alpha value is -2.77. The van der Waals surface area contributed by atoms with Gasteiger partial charge in [-0.15, -0.1) is 0 Å². The van der Waals surface area contributed by atoms with Gasteiger partial charge in [-0.2, -0.15) is 0 Å². The van der Waals surface area contributed by atoms with Crippen LogP contribution >= 0.6 is 0 Å². The smallest absolute Gasteiger partial charge is 0.319 e. The number of piperazine rings is 1. The van der Waals surface area contributed by atoms with Crippen molar-refractivity contribution in [2.45, 2.75) is 18.9 Å². The largest absolute Gasteiger partial charge is 0.497 e. The van der Waals surface area contributed by atoms with E-state index in [4.69, 9.17) is 4.74 Å². The first-order valence-electron chi connectivity index (χ1n) is 11.5. The number of nitrogens with one attached hydrogen (secondary N) is 2. The summed E-state index contributed by atoms with van der Waals surface area (Å²) >= 11 is 0. The van der Waals surface area contributed by atoms with Gasteiger partial charge in [0, 0.05) is 57.7 Å². The first kappa shape index (κ1) is 22.4. The lowest BCUT2D eigenvalue weighted by molar-refractivity contribution is 0.111. The molecule has 172 valence electrons. The van der Waals surface area contributed by atoms with Crippen LogP contribution in [0.3, 0.4) is 0 Å². The third-order valence-electron chi connectivity index (χ3n) is 6.62. The van der Waals surface area contributed by atoms with Crippen LogP contribution in [0.1, 0.15) is 23.6 Å². The minimum atomic E-state index is -0.188. The fourth-order valence-corrected chi connectivity index (χ4v) is 4.64. The number of methoxy groups -OCH3 is 1. The van der Waals surface area contributed by atoms with E-state index < -0.39 is 0 Å². The predicted molar refractivity (Wildman–Crippen MR) is 130 cm³/mol. The third kappa shape index (κ3) is 5.34. The topological polar surface area (TPSA) is 60.1 Å². The van der Waals surface area contributed by atoms with E-state index in [1.165, 1.54) is 23.2 Å². The number of aryl methyl sites for hydroxylation is 1. The summed E-state index contributed by atoms with van der Waals surface area (Å²) < 4.78 is 5.18. The average molecular weight is 438 g/mol. The number of fused-ring (bicyclic) bond motifs is 1. The lowest BCUT2D eigenvalue weighted by Crippen LogP contribution is -2.48. The highest BCUT2D eigenvalue weighted by Crippen LogP contribution is 2.31. The Morgan fingerprint density at radius 3 is 2.50 bits per heavy atom. The molecule has 2 N–H and O–H groups in total. The summed E-state index contributed by atoms with van der Waals surface area (Å²) in [5.74, 6) is 0.768. The molecule has 1 atom stereocenters. The SMILES string of the molecule is COc1ccc(NC(=O)NC[C@@H](c2ccc3c(c2)CCCN3C)N2CCN(C)CC2)cc1. The van der Waals surface area contributed by atoms with Gasteiger partial charge in [-0.05, 0) is 61.3 Å². The Bertz CT molecular complexity index is 909. The quantitative estimate of drug-likeness (QED) is 0.727. The molecular weight excluding hydrogens is 402 g/mol. The van der Waals surface area contributed by atoms with Gasteiger partial charge in [0.2, 0.25) is 0 Å². The Balaban J connectivity index is 1.46. The normalized spacial score (nSPS) is 18.0. The molecular formula is C25H35N5O2. The fraction of sp³-hybridized carbons (Fsp3) is 0.480. The lowest BCUT2D eigenvalue weighted by Gasteiger charge is -2.39. The third-order valence-corrected chi connectivity index (χ3v) is 6.62. The zero-order valence-corrected chi connectivity index (χ0v) is 19.4. The van der Waals surface area contributed by atoms with Crippen molar-refractivity contribution >= 4 is 17.4 Å². The van der Waals surface area contributed by atoms with Gasteiger partial charge < -0.3 is 25.2 Å². The number of carbonyl (C=O) groups is 1. The first-order valence-corrected chi connectivity index (χ1v) is 11.5. The van der Waals surface area contributed by atoms with Crippen LogP contribution in [0.25, 0.3) is 0 Å². The van der Waals surface area contributed by atoms with Crippen LogP contribution in [0.4, 0.5) is 16.2 Å². The number of nitrogens with zero attached hydrogens (tertiary/aromatic N) is 3. The van der Waals surface area contributed by atoms with Crippen LogP contribution in [-0.4, -0.2) is 76.3 Å². The van der Waals surface area contributed by atoms with Gasteiger partial charge in [0.1, 0.15) is 5.75 Å². The molecule has 2 heterocycles. The van der Waals surface area contributed by atoms with Gasteiger partial charge in [0.25, 0.3) is 0 Å². The molecule has 2 aliphatic heterocycles. The van der Waals surface area contributed by atoms with Gasteiger partial charge in [-0.3, -0.25) is 4.90 Å². The van der Waals surface area contributed by atoms with Crippen LogP contribution in [-0.2, 0) is 6.42 Å². The summed E-state index contributed by atoms with van der Waals surface area (Å²) in [4.78, 5) is 19.8. The molecule has 0 bridgehead atoms. The highest BCUT2D eigenvalue weighted by Gasteiger charge is 2.26. The number of hydrogen-bond donors (Lipinski definition) is 2. The predicted octanol–water partition coefficient (Wildman–Crippen LogP) is 3.19. The second-order valence-electron chi connectivity index (χ2n) is 8.83. The number of urea groups is 1. The molecule has 0 radical (unpaired) electrons. The lowest BCUT2D eigenvalue weighted by atomic mass is 9.95. The molecule has 7 heteroatoms. The zero-order chi connectivity index (χ0) is 22.5. The van der Waals surface area contributed by atoms with Crippen LogP contribution in [0.5, 0.6) is 5.75 Å². The molecule has 0 unspecified atom stereocenters. The second kappa shape index (κ2) is 10.2. The van der Waals surface area contributed by atoms with E-state index in [0.717, 1.165) is 50.6 Å². The number of likely N-dealkylation sites (N-methyl/N-ethyl adjacent to an activating group) is 1. The van der Waals surface area contributed by atoms with Crippen molar-refractivity contribution in [3.63, 3.8) is 0 Å². The van der Waals surface area contributed by atoms with E-state index in [-0.39, 0.29) is 12.1 Å². The summed E-state index contributed by atoms with van der Waals surface area (Å²) in [7, 11) is 5.97. The molecule has 2 aromatic rings. The van der Waals surface area contributed by atoms with Crippen LogP contribution in [0, 0.1) is 0 Å². The number of amides is 2. The molecule has 2 aliphatic rings. The molecule has 0 aromatic heterocycles. The summed E-state index contributed by atoms with van der Waals surface area (Å²) in [5, 5.41) is 6.04. The van der Waals surface area contributed by atoms with Crippen molar-refractivity contribution in [3.8, 4) is 5.75 Å². The second-order valence-corrected chi connectivity index (χ2v) is 8.83. The van der Waals surface area contributed by atoms with E-state index in [1.54, 1.807) is 7.11 Å². The molecule has 0 saturated carbocycles. The van der Waals surface area contributed by atoms with Crippen molar-refractivity contribution in [2.75, 3.05) is 70.7 Å². The average Bonchev–Trinajstić information content (AvgIpc) is 2.81. The van der Waals surface area contributed by atoms with E-state index in [0.29, 0.717) is 6.54 Å². The monoisotopic (exact) mass is 437 g/mol. The van der Waals surface area contributed by atoms with E-state index in [1.807, 2.05) is 24.3 Å². The van der Waals surface area contributed by atoms with Crippen LogP contribution in [0.2, 0.25) is 0 Å². The number of hydrogen-bond acceptors (Lipinski definition) is 5. The van der Waals surface area contributed by atoms with E-state index in [2.05, 4.69) is 57.6 Å². The standard InChI is InChI=1S/C25H35N5O2/c1-28-13-15-30(16-14-28)24(20-6-11-23-19(17-20)5-4-12-29(23)2)18-26-25(31)27-21-7-9-22(32-3)10-8-21/h6-11,17,24H,4-5,12-16,18H2,1-3H3,(H2,26,27,31)/t24-/m0/s1. The molecule has 4 rings (SSSR count). The van der Waals surface area contributed by atoms with Gasteiger partial charge >= 0.3 is 6.03 Å². The highest BCUT2D eigenvalue weighted by molar-refractivity contribution is 5.89. The number of carbonyl (C=O) groups excluding carboxylic acids is 1. The number of benzene rings is 2. The first-order chi connectivity index (χ1) is 15.5. The summed E-state index contributed by atoms with van der Waals surface area (Å²) in [6.45, 7) is 5.77. The Morgan fingerprint density at radius 1 is 1.03 bits per heavy atom. The number of anilines is 2. The molecule has 7 nitrogen and oxygen atoms in total. The van der Waals surface area contributed by atoms with Gasteiger partial charge in [0.15, 0.2) is 0 Å². The minimum Gasteiger partial charge on any atom is -0.497 e. The molecule has 32 heavy (non-hydrogen) atoms. The molecule has 2 amide bonds. The van der Waals surface area contributed by atoms with Gasteiger partial charge in [-0.25, -0.2) is 4.79 Å². The molecule has 1 saturated heterocycles. The van der Waals surface area contributed by atoms with Gasteiger partial charge in [-0.1, -0.05) is 12.1 Å². The molecule has 0 spiro atoms. The van der Waals surface area contributed by atoms with Gasteiger partial charge in [0.05, 0.1) is 13.2 Å². The fourth-order valence-electron chi connectivity index (χ4n) is 4.64. The maximum Gasteiger partial charge on any atom is 0.319 e. The molecule has 1 fully saturated rings. The van der Waals surface area contributed by atoms with E-state index >= 15 is 0 Å². The van der Waals surface area contributed by atoms with Crippen LogP contribution in [0.15, 0.2) is 42.5 Å². The minimum absolute atomic E-state index is 0.155. The van der Waals surface area contributed by atoms with Crippen molar-refractivity contribution in [1.82, 2.24) is 15.1 Å². The zero-order valence-electron chi connectivity index (χ0n) is 19.4. The van der Waals surface area contributed by atoms with Crippen LogP contribution < -0.4 is 20.3 Å². The van der Waals surface area contributed by atoms with Crippen molar-refractivity contribution in [1.29, 1.82) is 0 Å². The number of ether oxygens (including phenoxy) is 1. The molecule has 0 aliphatic carbocycles. The summed E-state index contributed by atoms with van der Waals surface area (Å²) in [6.07, 6.45) is 2.31. The summed E-state index contributed by atoms with van der Waals surface area (Å²) in [5.41, 5.74) is 4.78. The highest BCUT2D eigenvalue weighted by atomic mass is 16.5. The Labute approximate surface area is 191 Å². The van der Waals surface area contributed by atoms with Crippen molar-refractivity contribution in [2.24, 2.45) is 0 Å². The maximum absolute atomic E-state index is 12.6. The van der Waals surface area contributed by atoms with E-state index in [9.17, 15) is 4.79 Å². The Morgan fingerprint density at radius 2 is 1.78 bits per heavy atom. The van der Waals surface area contributed by atoms with Crippen molar-refractivity contribution < 1.29 is 9.53 Å². The maximum atomic E-state index is 12.6.